The second kappa shape index (κ2) is 2.44. The molecule has 1 N–H and O–H groups in total. The molecule has 1 atom stereocenters. The largest absolute Gasteiger partial charge is 0.381 e. The summed E-state index contributed by atoms with van der Waals surface area (Å²) in [5.41, 5.74) is 0. The van der Waals surface area contributed by atoms with Gasteiger partial charge in [0, 0.05) is 6.54 Å². The normalized spacial score (nSPS) is 31.5. The first kappa shape index (κ1) is 6.01. The van der Waals surface area contributed by atoms with Gasteiger partial charge in [0.25, 0.3) is 0 Å². The molecule has 48 valence electrons. The number of ether oxygens (including phenoxy) is 1. The molecule has 1 fully saturated rings. The van der Waals surface area contributed by atoms with Crippen LogP contribution >= 0.6 is 0 Å². The van der Waals surface area contributed by atoms with Crippen LogP contribution in [0.5, 0.6) is 0 Å². The van der Waals surface area contributed by atoms with Crippen molar-refractivity contribution >= 4 is 0 Å². The smallest absolute Gasteiger partial charge is 0.101 e. The van der Waals surface area contributed by atoms with E-state index in [1.54, 1.807) is 0 Å². The molecule has 1 saturated heterocycles. The molecule has 0 radical (unpaired) electrons. The molecular formula is C5H11NO2. The van der Waals surface area contributed by atoms with Crippen molar-refractivity contribution in [1.29, 1.82) is 0 Å². The lowest BCUT2D eigenvalue weighted by molar-refractivity contribution is 0.0601. The van der Waals surface area contributed by atoms with E-state index >= 15 is 0 Å². The van der Waals surface area contributed by atoms with Gasteiger partial charge in [-0.2, -0.15) is 0 Å². The maximum Gasteiger partial charge on any atom is 0.101 e. The van der Waals surface area contributed by atoms with Gasteiger partial charge in [0.2, 0.25) is 0 Å². The summed E-state index contributed by atoms with van der Waals surface area (Å²) in [6.45, 7) is 3.55. The van der Waals surface area contributed by atoms with Crippen LogP contribution in [0.3, 0.4) is 0 Å². The van der Waals surface area contributed by atoms with Crippen molar-refractivity contribution in [3.63, 3.8) is 0 Å². The van der Waals surface area contributed by atoms with E-state index < -0.39 is 0 Å². The van der Waals surface area contributed by atoms with Crippen LogP contribution in [-0.4, -0.2) is 36.1 Å². The van der Waals surface area contributed by atoms with Gasteiger partial charge in [0.05, 0.1) is 12.8 Å². The van der Waals surface area contributed by atoms with Crippen LogP contribution in [-0.2, 0) is 4.74 Å². The second-order valence-electron chi connectivity index (χ2n) is 2.10. The molecule has 3 heteroatoms. The summed E-state index contributed by atoms with van der Waals surface area (Å²) in [5, 5.41) is 8.53. The monoisotopic (exact) mass is 117 g/mol. The van der Waals surface area contributed by atoms with Crippen molar-refractivity contribution in [1.82, 2.24) is 4.90 Å². The maximum absolute atomic E-state index is 8.53. The number of hydrogen-bond donors (Lipinski definition) is 1. The predicted molar refractivity (Wildman–Crippen MR) is 29.2 cm³/mol. The van der Waals surface area contributed by atoms with E-state index in [0.717, 1.165) is 6.54 Å². The SMILES string of the molecule is CC1CN(CO)CO1. The number of aliphatic hydroxyl groups excluding tert-OH is 1. The Morgan fingerprint density at radius 3 is 2.88 bits per heavy atom. The molecular weight excluding hydrogens is 106 g/mol. The Kier molecular flexibility index (Phi) is 1.83. The average Bonchev–Trinajstić information content (AvgIpc) is 2.14. The van der Waals surface area contributed by atoms with Gasteiger partial charge in [-0.25, -0.2) is 0 Å². The lowest BCUT2D eigenvalue weighted by Crippen LogP contribution is -2.21. The van der Waals surface area contributed by atoms with E-state index in [2.05, 4.69) is 0 Å². The summed E-state index contributed by atoms with van der Waals surface area (Å²) in [6.07, 6.45) is 0.294. The number of aliphatic hydroxyl groups is 1. The number of rotatable bonds is 1. The molecule has 0 aliphatic carbocycles. The van der Waals surface area contributed by atoms with Gasteiger partial charge in [-0.1, -0.05) is 0 Å². The summed E-state index contributed by atoms with van der Waals surface area (Å²) < 4.78 is 5.12. The molecule has 1 unspecified atom stereocenters. The highest BCUT2D eigenvalue weighted by molar-refractivity contribution is 4.61. The number of nitrogens with zero attached hydrogens (tertiary/aromatic N) is 1. The van der Waals surface area contributed by atoms with Crippen LogP contribution in [0.2, 0.25) is 0 Å². The van der Waals surface area contributed by atoms with Gasteiger partial charge in [-0.15, -0.1) is 0 Å². The fourth-order valence-electron chi connectivity index (χ4n) is 0.800. The Morgan fingerprint density at radius 2 is 2.62 bits per heavy atom. The summed E-state index contributed by atoms with van der Waals surface area (Å²) in [6, 6.07) is 0. The topological polar surface area (TPSA) is 32.7 Å². The fourth-order valence-corrected chi connectivity index (χ4v) is 0.800. The molecule has 0 aromatic rings. The van der Waals surface area contributed by atoms with E-state index in [9.17, 15) is 0 Å². The third-order valence-electron chi connectivity index (χ3n) is 1.26. The van der Waals surface area contributed by atoms with Gasteiger partial charge >= 0.3 is 0 Å². The minimum absolute atomic E-state index is 0.115. The first-order valence-corrected chi connectivity index (χ1v) is 2.77. The molecule has 1 rings (SSSR count). The highest BCUT2D eigenvalue weighted by Crippen LogP contribution is 2.04. The van der Waals surface area contributed by atoms with Crippen molar-refractivity contribution in [2.75, 3.05) is 20.0 Å². The van der Waals surface area contributed by atoms with E-state index in [1.165, 1.54) is 0 Å². The van der Waals surface area contributed by atoms with Gasteiger partial charge < -0.3 is 9.84 Å². The predicted octanol–water partition coefficient (Wildman–Crippen LogP) is -0.386. The van der Waals surface area contributed by atoms with E-state index in [-0.39, 0.29) is 6.73 Å². The molecule has 3 nitrogen and oxygen atoms in total. The standard InChI is InChI=1S/C5H11NO2/c1-5-2-6(3-7)4-8-5/h5,7H,2-4H2,1H3. The Balaban J connectivity index is 2.22. The third kappa shape index (κ3) is 1.18. The van der Waals surface area contributed by atoms with Gasteiger partial charge in [-0.3, -0.25) is 4.90 Å². The molecule has 1 heterocycles. The first-order valence-electron chi connectivity index (χ1n) is 2.77. The van der Waals surface area contributed by atoms with Gasteiger partial charge in [0.1, 0.15) is 6.73 Å². The van der Waals surface area contributed by atoms with Crippen LogP contribution in [0.4, 0.5) is 0 Å². The summed E-state index contributed by atoms with van der Waals surface area (Å²) in [4.78, 5) is 1.84. The van der Waals surface area contributed by atoms with E-state index in [0.29, 0.717) is 12.8 Å². The van der Waals surface area contributed by atoms with E-state index in [4.69, 9.17) is 9.84 Å². The molecule has 0 spiro atoms. The Morgan fingerprint density at radius 1 is 1.88 bits per heavy atom. The van der Waals surface area contributed by atoms with Crippen LogP contribution in [0.1, 0.15) is 6.92 Å². The molecule has 0 aromatic carbocycles. The van der Waals surface area contributed by atoms with Crippen LogP contribution in [0.25, 0.3) is 0 Å². The first-order chi connectivity index (χ1) is 3.83. The molecule has 0 aromatic heterocycles. The Labute approximate surface area is 48.9 Å². The zero-order chi connectivity index (χ0) is 5.98. The molecule has 1 aliphatic rings. The van der Waals surface area contributed by atoms with Crippen molar-refractivity contribution in [3.05, 3.63) is 0 Å². The lowest BCUT2D eigenvalue weighted by atomic mass is 10.4. The van der Waals surface area contributed by atoms with Gasteiger partial charge in [-0.05, 0) is 6.92 Å². The van der Waals surface area contributed by atoms with Crippen LogP contribution in [0.15, 0.2) is 0 Å². The summed E-state index contributed by atoms with van der Waals surface area (Å²) in [5.74, 6) is 0. The highest BCUT2D eigenvalue weighted by Gasteiger charge is 2.16. The minimum Gasteiger partial charge on any atom is -0.381 e. The average molecular weight is 117 g/mol. The zero-order valence-electron chi connectivity index (χ0n) is 5.00. The van der Waals surface area contributed by atoms with Crippen molar-refractivity contribution in [2.24, 2.45) is 0 Å². The molecule has 0 bridgehead atoms. The van der Waals surface area contributed by atoms with Crippen molar-refractivity contribution in [2.45, 2.75) is 13.0 Å². The third-order valence-corrected chi connectivity index (χ3v) is 1.26. The van der Waals surface area contributed by atoms with Gasteiger partial charge in [0.15, 0.2) is 0 Å². The molecule has 0 saturated carbocycles. The zero-order valence-corrected chi connectivity index (χ0v) is 5.00. The van der Waals surface area contributed by atoms with Crippen LogP contribution < -0.4 is 0 Å². The van der Waals surface area contributed by atoms with Crippen molar-refractivity contribution in [3.8, 4) is 0 Å². The quantitative estimate of drug-likeness (QED) is 0.508. The second-order valence-corrected chi connectivity index (χ2v) is 2.10. The molecule has 1 aliphatic heterocycles. The minimum atomic E-state index is 0.115. The van der Waals surface area contributed by atoms with Crippen molar-refractivity contribution < 1.29 is 9.84 Å². The highest BCUT2D eigenvalue weighted by atomic mass is 16.5. The summed E-state index contributed by atoms with van der Waals surface area (Å²) >= 11 is 0. The fraction of sp³-hybridized carbons (Fsp3) is 1.00. The number of hydrogen-bond acceptors (Lipinski definition) is 3. The lowest BCUT2D eigenvalue weighted by Gasteiger charge is -2.05. The van der Waals surface area contributed by atoms with E-state index in [1.807, 2.05) is 11.8 Å². The Bertz CT molecular complexity index is 76.8. The van der Waals surface area contributed by atoms with Crippen LogP contribution in [0, 0.1) is 0 Å². The molecule has 8 heavy (non-hydrogen) atoms. The maximum atomic E-state index is 8.53. The Hall–Kier alpha value is -0.120. The molecule has 0 amide bonds. The summed E-state index contributed by atoms with van der Waals surface area (Å²) in [7, 11) is 0.